The molecule has 0 amide bonds. The zero-order chi connectivity index (χ0) is 105. The highest BCUT2D eigenvalue weighted by Gasteiger charge is 2.24. The summed E-state index contributed by atoms with van der Waals surface area (Å²) in [5, 5.41) is 0. The number of nitrogens with zero attached hydrogens (tertiary/aromatic N) is 4. The minimum atomic E-state index is 0. The number of rotatable bonds is 24. The molecule has 3 heterocycles. The van der Waals surface area contributed by atoms with E-state index in [1.807, 2.05) is 12.3 Å². The zero-order valence-corrected chi connectivity index (χ0v) is 98.9. The molecule has 0 atom stereocenters. The van der Waals surface area contributed by atoms with E-state index in [9.17, 15) is 0 Å². The smallest absolute Gasteiger partial charge is 0.128 e. The fourth-order valence-electron chi connectivity index (χ4n) is 16.1. The maximum absolute atomic E-state index is 4.78. The van der Waals surface area contributed by atoms with Gasteiger partial charge in [0.05, 0.1) is 0 Å². The van der Waals surface area contributed by atoms with E-state index in [2.05, 4.69) is 500 Å². The molecule has 0 aliphatic rings. The van der Waals surface area contributed by atoms with Crippen LogP contribution in [-0.2, 0) is 102 Å². The Morgan fingerprint density at radius 3 is 0.734 bits per heavy atom. The Labute approximate surface area is 869 Å². The van der Waals surface area contributed by atoms with E-state index >= 15 is 0 Å². The van der Waals surface area contributed by atoms with Crippen molar-refractivity contribution in [1.82, 2.24) is 19.9 Å². The van der Waals surface area contributed by atoms with Crippen LogP contribution >= 0.6 is 0 Å². The molecule has 792 valence electrons. The molecule has 0 saturated heterocycles. The van der Waals surface area contributed by atoms with Crippen molar-refractivity contribution in [2.75, 3.05) is 0 Å². The molecule has 0 radical (unpaired) electrons. The van der Waals surface area contributed by atoms with Gasteiger partial charge in [0.2, 0.25) is 0 Å². The van der Waals surface area contributed by atoms with Gasteiger partial charge < -0.3 is 0 Å². The first-order valence-corrected chi connectivity index (χ1v) is 53.4. The maximum Gasteiger partial charge on any atom is 0.128 e. The predicted octanol–water partition coefficient (Wildman–Crippen LogP) is 41.6. The van der Waals surface area contributed by atoms with Crippen molar-refractivity contribution in [3.05, 3.63) is 260 Å². The van der Waals surface area contributed by atoms with Crippen molar-refractivity contribution < 1.29 is 0 Å². The third-order valence-electron chi connectivity index (χ3n) is 22.4. The van der Waals surface area contributed by atoms with Gasteiger partial charge in [0.1, 0.15) is 5.82 Å². The van der Waals surface area contributed by atoms with Gasteiger partial charge in [-0.2, -0.15) is 0 Å². The molecule has 139 heavy (non-hydrogen) atoms. The highest BCUT2D eigenvalue weighted by Crippen LogP contribution is 2.34. The number of aryl methyl sites for hydroxylation is 6. The largest absolute Gasteiger partial charge is 0.258 e. The van der Waals surface area contributed by atoms with Gasteiger partial charge in [-0.15, -0.1) is 0 Å². The van der Waals surface area contributed by atoms with Crippen LogP contribution in [0, 0.1) is 81.2 Å². The van der Waals surface area contributed by atoms with E-state index in [-0.39, 0.29) is 33.1 Å². The monoisotopic (exact) mass is 1910 g/mol. The second-order valence-electron chi connectivity index (χ2n) is 60.0. The van der Waals surface area contributed by atoms with Gasteiger partial charge in [0.15, 0.2) is 0 Å². The number of hydrogen-bond acceptors (Lipinski definition) is 4. The highest BCUT2D eigenvalue weighted by molar-refractivity contribution is 5.31. The van der Waals surface area contributed by atoms with Crippen LogP contribution in [0.3, 0.4) is 0 Å². The van der Waals surface area contributed by atoms with Crippen LogP contribution in [-0.4, -0.2) is 19.9 Å². The van der Waals surface area contributed by atoms with Crippen LogP contribution in [0.15, 0.2) is 170 Å². The van der Waals surface area contributed by atoms with Gasteiger partial charge in [0, 0.05) is 41.1 Å². The summed E-state index contributed by atoms with van der Waals surface area (Å²) in [6, 6.07) is 60.5. The lowest BCUT2D eigenvalue weighted by molar-refractivity contribution is 0.364. The minimum absolute atomic E-state index is 0. The predicted molar refractivity (Wildman–Crippen MR) is 631 cm³/mol. The third-order valence-corrected chi connectivity index (χ3v) is 22.4. The average Bonchev–Trinajstić information content (AvgIpc) is 0.827. The van der Waals surface area contributed by atoms with E-state index in [4.69, 9.17) is 9.97 Å². The zero-order valence-electron chi connectivity index (χ0n) is 98.9. The number of aromatic nitrogens is 4. The van der Waals surface area contributed by atoms with Gasteiger partial charge in [-0.3, -0.25) is 9.97 Å². The average molecular weight is 1910 g/mol. The fraction of sp³-hybridized carbons (Fsp3) is 0.674. The van der Waals surface area contributed by atoms with Crippen LogP contribution in [0.25, 0.3) is 0 Å². The molecule has 0 bridgehead atoms. The second kappa shape index (κ2) is 59.8. The summed E-state index contributed by atoms with van der Waals surface area (Å²) in [6.07, 6.45) is 30.0. The molecular formula is C135H232N4. The summed E-state index contributed by atoms with van der Waals surface area (Å²) < 4.78 is 0. The van der Waals surface area contributed by atoms with Gasteiger partial charge >= 0.3 is 0 Å². The summed E-state index contributed by atoms with van der Waals surface area (Å²) in [7, 11) is 0. The van der Waals surface area contributed by atoms with Crippen LogP contribution < -0.4 is 0 Å². The first-order valence-electron chi connectivity index (χ1n) is 53.4. The van der Waals surface area contributed by atoms with E-state index in [0.717, 1.165) is 88.6 Å². The highest BCUT2D eigenvalue weighted by atomic mass is 14.9. The molecule has 0 saturated carbocycles. The number of pyridine rings is 2. The van der Waals surface area contributed by atoms with Crippen molar-refractivity contribution in [3.8, 4) is 0 Å². The summed E-state index contributed by atoms with van der Waals surface area (Å²) in [5.41, 5.74) is 26.8. The SMILES string of the molecule is C.C.C.CC(C)(C)CCCc1ccc(CC(C)(C)C)cc1.CC(C)(C)CCCc1cccc(CC(C)(C)C)c1.CC(C)(C)CCCc1cccc(CC(C)(C)C)n1.CC(C)(C)CCc1cccc(CC(C)(C)C)c1.CC(C)(C)CCc1cccc(CC(C)(C)C)n1.CC(C)(C)CCc1nccc(CC(C)(C)C)n1.CC(C)(C)Cc1cccc(C(C)(C)C)c1.CC(C)(C)Cc1cccc(CC(C)(C)C)c1. The molecule has 8 rings (SSSR count). The van der Waals surface area contributed by atoms with E-state index in [0.29, 0.717) is 75.8 Å². The minimum Gasteiger partial charge on any atom is -0.258 e. The van der Waals surface area contributed by atoms with E-state index in [1.165, 1.54) is 155 Å². The quantitative estimate of drug-likeness (QED) is 0.0605. The molecule has 8 aromatic rings. The van der Waals surface area contributed by atoms with Gasteiger partial charge in [0.25, 0.3) is 0 Å². The first kappa shape index (κ1) is 137. The van der Waals surface area contributed by atoms with E-state index < -0.39 is 0 Å². The summed E-state index contributed by atoms with van der Waals surface area (Å²) >= 11 is 0. The molecule has 5 aromatic carbocycles. The molecule has 4 nitrogen and oxygen atoms in total. The van der Waals surface area contributed by atoms with Gasteiger partial charge in [-0.05, 0) is 320 Å². The topological polar surface area (TPSA) is 51.6 Å². The lowest BCUT2D eigenvalue weighted by Gasteiger charge is -2.22. The Balaban J connectivity index is -0.00000152. The third kappa shape index (κ3) is 82.5. The molecule has 0 unspecified atom stereocenters. The van der Waals surface area contributed by atoms with Crippen molar-refractivity contribution in [2.45, 2.75) is 514 Å². The summed E-state index contributed by atoms with van der Waals surface area (Å²) in [4.78, 5) is 18.6. The molecule has 0 aliphatic heterocycles. The second-order valence-corrected chi connectivity index (χ2v) is 60.0. The molecule has 4 heteroatoms. The molecule has 0 fully saturated rings. The van der Waals surface area contributed by atoms with Crippen molar-refractivity contribution in [1.29, 1.82) is 0 Å². The lowest BCUT2D eigenvalue weighted by Crippen LogP contribution is -2.13. The van der Waals surface area contributed by atoms with Gasteiger partial charge in [-0.25, -0.2) is 9.97 Å². The Morgan fingerprint density at radius 2 is 0.410 bits per heavy atom. The summed E-state index contributed by atoms with van der Waals surface area (Å²) in [5.74, 6) is 0.988. The summed E-state index contributed by atoms with van der Waals surface area (Å²) in [6.45, 7) is 110. The van der Waals surface area contributed by atoms with E-state index in [1.54, 1.807) is 0 Å². The normalized spacial score (nSPS) is 12.5. The number of benzene rings is 5. The van der Waals surface area contributed by atoms with Crippen molar-refractivity contribution >= 4 is 0 Å². The molecule has 0 N–H and O–H groups in total. The van der Waals surface area contributed by atoms with Crippen molar-refractivity contribution in [3.63, 3.8) is 0 Å². The van der Waals surface area contributed by atoms with Gasteiger partial charge in [-0.1, -0.05) is 488 Å². The first-order chi connectivity index (χ1) is 61.3. The van der Waals surface area contributed by atoms with Crippen LogP contribution in [0.1, 0.15) is 502 Å². The Bertz CT molecular complexity index is 4270. The fourth-order valence-corrected chi connectivity index (χ4v) is 16.1. The van der Waals surface area contributed by atoms with Crippen LogP contribution in [0.2, 0.25) is 0 Å². The Hall–Kier alpha value is -6.52. The lowest BCUT2D eigenvalue weighted by atomic mass is 9.83. The Kier molecular flexibility index (Phi) is 58.8. The number of hydrogen-bond donors (Lipinski definition) is 0. The van der Waals surface area contributed by atoms with Crippen LogP contribution in [0.4, 0.5) is 0 Å². The molecule has 0 spiro atoms. The molecule has 3 aromatic heterocycles. The molecular weight excluding hydrogens is 1680 g/mol. The molecule has 0 aliphatic carbocycles. The van der Waals surface area contributed by atoms with Crippen molar-refractivity contribution in [2.24, 2.45) is 81.2 Å². The maximum atomic E-state index is 4.78. The van der Waals surface area contributed by atoms with Crippen LogP contribution in [0.5, 0.6) is 0 Å². The standard InChI is InChI=1S/2C18H30.C17H29N.C17H28.C16H27N.C16H26.C15H26N2.C15H24.3CH4/c1-17(2,3)12-8-11-15-9-7-10-16(13-15)14-18(4,5)6;1-17(2,3)13-7-8-15-9-11-16(12-10-15)14-18(4,5)6;1-16(2,3)12-8-11-14-9-7-10-15(18-14)13-17(4,5)6;1-16(2,3)11-10-14-8-7-9-15(12-14)13-17(4,5)6;1-15(2,3)11-10-13-8-7-9-14(17-13)12-16(4,5)6;1-15(2,3)11-13-8-7-9-14(10-13)12-16(4,5)6;1-14(2,3)9-7-13-16-10-8-12(17-13)11-15(4,5)6;1-14(2,3)11-12-8-7-9-13(10-12)15(4,5)6;;;/h7,9-10,13H,8,11-12,14H2,1-6H3;9-12H,7-8,13-14H2,1-6H3;7,9-10H,8,11-13H2,1-6H3;7-9,12H,10-11,13H2,1-6H3;7-9H,10-12H2,1-6H3;7-10H,11-12H2,1-6H3;8,10H,7,9,11H2,1-6H3;7-10H,11H2,1-6H3;3*1H4. The Morgan fingerprint density at radius 1 is 0.173 bits per heavy atom.